The van der Waals surface area contributed by atoms with E-state index in [1.165, 1.54) is 18.6 Å². The maximum absolute atomic E-state index is 12.7. The van der Waals surface area contributed by atoms with Crippen LogP contribution in [0.1, 0.15) is 93.9 Å². The Hall–Kier alpha value is -2.11. The molecule has 4 atom stereocenters. The van der Waals surface area contributed by atoms with Gasteiger partial charge in [0.25, 0.3) is 0 Å². The second-order valence-electron chi connectivity index (χ2n) is 11.3. The summed E-state index contributed by atoms with van der Waals surface area (Å²) in [6.07, 6.45) is 4.71. The van der Waals surface area contributed by atoms with Gasteiger partial charge in [-0.25, -0.2) is 4.79 Å². The van der Waals surface area contributed by atoms with Gasteiger partial charge in [0.2, 0.25) is 0 Å². The summed E-state index contributed by atoms with van der Waals surface area (Å²) in [6, 6.07) is 0. The summed E-state index contributed by atoms with van der Waals surface area (Å²) in [7, 11) is 0. The monoisotopic (exact) mass is 462 g/mol. The normalized spacial score (nSPS) is 29.5. The summed E-state index contributed by atoms with van der Waals surface area (Å²) in [6.45, 7) is 15.8. The van der Waals surface area contributed by atoms with Gasteiger partial charge >= 0.3 is 17.9 Å². The first-order chi connectivity index (χ1) is 15.2. The first kappa shape index (κ1) is 27.1. The molecule has 0 radical (unpaired) electrons. The van der Waals surface area contributed by atoms with Crippen LogP contribution in [0.25, 0.3) is 0 Å². The molecule has 6 heteroatoms. The topological polar surface area (TPSA) is 89.9 Å². The first-order valence-corrected chi connectivity index (χ1v) is 12.2. The molecular formula is C27H42O6. The van der Waals surface area contributed by atoms with Crippen molar-refractivity contribution in [2.24, 2.45) is 22.7 Å². The Balaban J connectivity index is 2.59. The van der Waals surface area contributed by atoms with Crippen LogP contribution in [0.5, 0.6) is 0 Å². The zero-order valence-corrected chi connectivity index (χ0v) is 21.6. The first-order valence-electron chi connectivity index (χ1n) is 12.2. The van der Waals surface area contributed by atoms with Crippen LogP contribution in [0.2, 0.25) is 0 Å². The number of carbonyl (C=O) groups excluding carboxylic acids is 2. The van der Waals surface area contributed by atoms with Gasteiger partial charge in [0.15, 0.2) is 6.10 Å². The minimum atomic E-state index is -0.944. The number of rotatable bonds is 8. The molecule has 1 fully saturated rings. The van der Waals surface area contributed by atoms with Crippen molar-refractivity contribution < 1.29 is 29.0 Å². The molecule has 0 bridgehead atoms. The van der Waals surface area contributed by atoms with E-state index in [1.54, 1.807) is 0 Å². The van der Waals surface area contributed by atoms with Crippen molar-refractivity contribution in [1.82, 2.24) is 0 Å². The smallest absolute Gasteiger partial charge is 0.328 e. The standard InChI is InChI=1S/C27H42O6/c1-16(2)14-22(31)33-23-18(4)20(11-10-17(3)15-21(29)30)27(8)13-9-12-26(6,7)25(27)24(23)32-19(5)28/h15-16,23-25H,9-14H2,1-8H3,(H,29,30)/b17-15+/t23?,24-,25?,27-/m1/s1. The predicted octanol–water partition coefficient (Wildman–Crippen LogP) is 5.85. The number of allylic oxidation sites excluding steroid dienone is 2. The lowest BCUT2D eigenvalue weighted by molar-refractivity contribution is -0.186. The van der Waals surface area contributed by atoms with Crippen LogP contribution in [0, 0.1) is 22.7 Å². The third-order valence-corrected chi connectivity index (χ3v) is 7.54. The number of hydrogen-bond donors (Lipinski definition) is 1. The molecule has 2 unspecified atom stereocenters. The highest BCUT2D eigenvalue weighted by molar-refractivity contribution is 5.80. The van der Waals surface area contributed by atoms with Crippen molar-refractivity contribution >= 4 is 17.9 Å². The minimum Gasteiger partial charge on any atom is -0.478 e. The second kappa shape index (κ2) is 10.4. The predicted molar refractivity (Wildman–Crippen MR) is 127 cm³/mol. The van der Waals surface area contributed by atoms with Crippen molar-refractivity contribution in [2.45, 2.75) is 106 Å². The Morgan fingerprint density at radius 2 is 1.76 bits per heavy atom. The minimum absolute atomic E-state index is 0.0121. The van der Waals surface area contributed by atoms with Gasteiger partial charge in [-0.2, -0.15) is 0 Å². The number of carboxylic acid groups (broad SMARTS) is 1. The molecule has 0 saturated heterocycles. The maximum Gasteiger partial charge on any atom is 0.328 e. The quantitative estimate of drug-likeness (QED) is 0.276. The van der Waals surface area contributed by atoms with Crippen LogP contribution in [0.4, 0.5) is 0 Å². The summed E-state index contributed by atoms with van der Waals surface area (Å²) in [4.78, 5) is 36.0. The number of fused-ring (bicyclic) bond motifs is 1. The molecule has 0 aromatic carbocycles. The Bertz CT molecular complexity index is 834. The molecule has 0 aromatic heterocycles. The SMILES string of the molecule is CC(=O)O[C@@H]1C(OC(=O)CC(C)C)C(C)=C(CC/C(C)=C/C(=O)O)[C@@]2(C)CCCC(C)(C)C12. The second-order valence-corrected chi connectivity index (χ2v) is 11.3. The maximum atomic E-state index is 12.7. The van der Waals surface area contributed by atoms with E-state index < -0.39 is 18.2 Å². The highest BCUT2D eigenvalue weighted by Gasteiger charge is 2.59. The Morgan fingerprint density at radius 3 is 2.30 bits per heavy atom. The average molecular weight is 463 g/mol. The number of aliphatic carboxylic acids is 1. The molecule has 1 N–H and O–H groups in total. The van der Waals surface area contributed by atoms with E-state index >= 15 is 0 Å². The molecule has 0 heterocycles. The third kappa shape index (κ3) is 6.27. The van der Waals surface area contributed by atoms with Gasteiger partial charge in [-0.05, 0) is 61.9 Å². The van der Waals surface area contributed by atoms with Crippen molar-refractivity contribution in [3.05, 3.63) is 22.8 Å². The van der Waals surface area contributed by atoms with Gasteiger partial charge in [0.1, 0.15) is 6.10 Å². The van der Waals surface area contributed by atoms with Crippen LogP contribution in [0.15, 0.2) is 22.8 Å². The zero-order valence-electron chi connectivity index (χ0n) is 21.6. The molecule has 186 valence electrons. The van der Waals surface area contributed by atoms with Crippen LogP contribution in [-0.4, -0.2) is 35.2 Å². The Labute approximate surface area is 198 Å². The molecule has 6 nitrogen and oxygen atoms in total. The highest BCUT2D eigenvalue weighted by atomic mass is 16.6. The molecule has 2 aliphatic carbocycles. The van der Waals surface area contributed by atoms with E-state index in [0.29, 0.717) is 19.3 Å². The lowest BCUT2D eigenvalue weighted by Crippen LogP contribution is -2.58. The third-order valence-electron chi connectivity index (χ3n) is 7.54. The molecule has 0 aromatic rings. The molecule has 33 heavy (non-hydrogen) atoms. The molecule has 2 rings (SSSR count). The number of carbonyl (C=O) groups is 3. The fourth-order valence-corrected chi connectivity index (χ4v) is 6.36. The van der Waals surface area contributed by atoms with Crippen LogP contribution >= 0.6 is 0 Å². The van der Waals surface area contributed by atoms with Gasteiger partial charge in [-0.1, -0.05) is 52.2 Å². The average Bonchev–Trinajstić information content (AvgIpc) is 2.62. The van der Waals surface area contributed by atoms with Crippen LogP contribution < -0.4 is 0 Å². The van der Waals surface area contributed by atoms with Crippen molar-refractivity contribution in [1.29, 1.82) is 0 Å². The van der Waals surface area contributed by atoms with Gasteiger partial charge < -0.3 is 14.6 Å². The van der Waals surface area contributed by atoms with Gasteiger partial charge in [-0.3, -0.25) is 9.59 Å². The lowest BCUT2D eigenvalue weighted by atomic mass is 9.48. The molecule has 0 aliphatic heterocycles. The van der Waals surface area contributed by atoms with E-state index in [4.69, 9.17) is 14.6 Å². The van der Waals surface area contributed by atoms with Gasteiger partial charge in [-0.15, -0.1) is 0 Å². The van der Waals surface area contributed by atoms with E-state index in [9.17, 15) is 14.4 Å². The number of esters is 2. The van der Waals surface area contributed by atoms with Crippen molar-refractivity contribution in [2.75, 3.05) is 0 Å². The summed E-state index contributed by atoms with van der Waals surface area (Å²) < 4.78 is 12.0. The Morgan fingerprint density at radius 1 is 1.12 bits per heavy atom. The van der Waals surface area contributed by atoms with E-state index in [-0.39, 0.29) is 34.6 Å². The van der Waals surface area contributed by atoms with Crippen molar-refractivity contribution in [3.63, 3.8) is 0 Å². The Kier molecular flexibility index (Phi) is 8.58. The van der Waals surface area contributed by atoms with Gasteiger partial charge in [0, 0.05) is 25.3 Å². The number of carboxylic acids is 1. The fraction of sp³-hybridized carbons (Fsp3) is 0.741. The molecule has 2 aliphatic rings. The lowest BCUT2D eigenvalue weighted by Gasteiger charge is -2.58. The molecule has 0 amide bonds. The highest BCUT2D eigenvalue weighted by Crippen LogP contribution is 2.61. The largest absolute Gasteiger partial charge is 0.478 e. The van der Waals surface area contributed by atoms with E-state index in [2.05, 4.69) is 20.8 Å². The molecular weight excluding hydrogens is 420 g/mol. The summed E-state index contributed by atoms with van der Waals surface area (Å²) in [5.41, 5.74) is 2.61. The van der Waals surface area contributed by atoms with Crippen molar-refractivity contribution in [3.8, 4) is 0 Å². The summed E-state index contributed by atoms with van der Waals surface area (Å²) in [5, 5.41) is 9.12. The van der Waals surface area contributed by atoms with Crippen LogP contribution in [-0.2, 0) is 23.9 Å². The van der Waals surface area contributed by atoms with E-state index in [1.807, 2.05) is 27.7 Å². The van der Waals surface area contributed by atoms with Crippen LogP contribution in [0.3, 0.4) is 0 Å². The zero-order chi connectivity index (χ0) is 25.1. The van der Waals surface area contributed by atoms with E-state index in [0.717, 1.165) is 30.4 Å². The summed E-state index contributed by atoms with van der Waals surface area (Å²) in [5.74, 6) is -1.45. The molecule has 1 saturated carbocycles. The van der Waals surface area contributed by atoms with Gasteiger partial charge in [0.05, 0.1) is 0 Å². The number of ether oxygens (including phenoxy) is 2. The summed E-state index contributed by atoms with van der Waals surface area (Å²) >= 11 is 0. The number of hydrogen-bond acceptors (Lipinski definition) is 5. The molecule has 0 spiro atoms. The fourth-order valence-electron chi connectivity index (χ4n) is 6.36.